The monoisotopic (exact) mass is 867 g/mol. The van der Waals surface area contributed by atoms with Crippen molar-refractivity contribution in [3.63, 3.8) is 0 Å². The molecular formula is C54H106O7. The number of hydrogen-bond donors (Lipinski definition) is 0. The molecule has 0 aromatic carbocycles. The highest BCUT2D eigenvalue weighted by molar-refractivity contribution is 4.90. The minimum absolute atomic E-state index is 0.0186. The van der Waals surface area contributed by atoms with Gasteiger partial charge in [0.15, 0.2) is 25.2 Å². The highest BCUT2D eigenvalue weighted by atomic mass is 16.8. The quantitative estimate of drug-likeness (QED) is 0.0343. The molecule has 2 unspecified atom stereocenters. The lowest BCUT2D eigenvalue weighted by molar-refractivity contribution is -0.208. The fourth-order valence-electron chi connectivity index (χ4n) is 7.33. The summed E-state index contributed by atoms with van der Waals surface area (Å²) in [4.78, 5) is 0. The molecule has 0 saturated heterocycles. The molecule has 0 bridgehead atoms. The van der Waals surface area contributed by atoms with Gasteiger partial charge in [0.25, 0.3) is 0 Å². The number of unbranched alkanes of at least 4 members (excludes halogenated alkanes) is 24. The van der Waals surface area contributed by atoms with Crippen LogP contribution >= 0.6 is 0 Å². The predicted molar refractivity (Wildman–Crippen MR) is 261 cm³/mol. The molecule has 0 rings (SSSR count). The van der Waals surface area contributed by atoms with E-state index in [-0.39, 0.29) is 25.2 Å². The lowest BCUT2D eigenvalue weighted by Gasteiger charge is -2.22. The van der Waals surface area contributed by atoms with E-state index in [2.05, 4.69) is 65.8 Å². The molecular weight excluding hydrogens is 761 g/mol. The van der Waals surface area contributed by atoms with Gasteiger partial charge in [-0.25, -0.2) is 0 Å². The van der Waals surface area contributed by atoms with Gasteiger partial charge in [0, 0.05) is 26.4 Å². The van der Waals surface area contributed by atoms with Gasteiger partial charge in [0.2, 0.25) is 0 Å². The highest BCUT2D eigenvalue weighted by Crippen LogP contribution is 2.17. The summed E-state index contributed by atoms with van der Waals surface area (Å²) in [5.41, 5.74) is 0. The molecule has 0 spiro atoms. The van der Waals surface area contributed by atoms with Gasteiger partial charge < -0.3 is 33.2 Å². The normalized spacial score (nSPS) is 13.2. The van der Waals surface area contributed by atoms with Crippen molar-refractivity contribution in [1.82, 2.24) is 0 Å². The molecule has 0 aliphatic rings. The van der Waals surface area contributed by atoms with Crippen LogP contribution in [0.2, 0.25) is 0 Å². The van der Waals surface area contributed by atoms with Gasteiger partial charge in [-0.05, 0) is 102 Å². The van der Waals surface area contributed by atoms with Gasteiger partial charge in [-0.2, -0.15) is 0 Å². The van der Waals surface area contributed by atoms with Crippen molar-refractivity contribution in [3.05, 3.63) is 24.3 Å². The second-order valence-electron chi connectivity index (χ2n) is 17.5. The van der Waals surface area contributed by atoms with Crippen molar-refractivity contribution < 1.29 is 33.2 Å². The molecule has 61 heavy (non-hydrogen) atoms. The van der Waals surface area contributed by atoms with Crippen LogP contribution in [0.25, 0.3) is 0 Å². The lowest BCUT2D eigenvalue weighted by Crippen LogP contribution is -2.25. The summed E-state index contributed by atoms with van der Waals surface area (Å²) in [6.45, 7) is 17.8. The van der Waals surface area contributed by atoms with Crippen molar-refractivity contribution in [2.75, 3.05) is 39.6 Å². The van der Waals surface area contributed by atoms with E-state index in [0.29, 0.717) is 0 Å². The summed E-state index contributed by atoms with van der Waals surface area (Å²) in [6.07, 6.45) is 49.1. The van der Waals surface area contributed by atoms with Gasteiger partial charge in [0.05, 0.1) is 13.2 Å². The zero-order valence-corrected chi connectivity index (χ0v) is 41.8. The van der Waals surface area contributed by atoms with E-state index in [0.717, 1.165) is 104 Å². The standard InChI is InChI=1S/C54H106O7/c1-7-13-15-17-33-39-49-59-53(43-37-31-27-23-19-21-25-29-35-41-51(55-45-9-3)56-46-10-4)61-54(60-50-40-34-18-16-14-8-2)44-38-32-28-24-20-22-26-30-36-42-52(57-47-11-5)58-48-12-6/h37-38,43-44,51-54H,7-36,39-42,45-50H2,1-6H3. The van der Waals surface area contributed by atoms with Gasteiger partial charge in [0.1, 0.15) is 0 Å². The highest BCUT2D eigenvalue weighted by Gasteiger charge is 2.14. The maximum Gasteiger partial charge on any atom is 0.180 e. The number of hydrogen-bond acceptors (Lipinski definition) is 7. The first-order chi connectivity index (χ1) is 30.1. The number of rotatable bonds is 52. The van der Waals surface area contributed by atoms with E-state index in [9.17, 15) is 0 Å². The molecule has 0 radical (unpaired) electrons. The fraction of sp³-hybridized carbons (Fsp3) is 0.926. The zero-order chi connectivity index (χ0) is 44.4. The largest absolute Gasteiger partial charge is 0.353 e. The van der Waals surface area contributed by atoms with Crippen LogP contribution in [0.5, 0.6) is 0 Å². The first-order valence-electron chi connectivity index (χ1n) is 26.8. The molecule has 364 valence electrons. The van der Waals surface area contributed by atoms with Crippen LogP contribution in [0.15, 0.2) is 24.3 Å². The summed E-state index contributed by atoms with van der Waals surface area (Å²) in [6, 6.07) is 0. The van der Waals surface area contributed by atoms with Gasteiger partial charge in [-0.15, -0.1) is 0 Å². The van der Waals surface area contributed by atoms with Crippen molar-refractivity contribution >= 4 is 0 Å². The predicted octanol–water partition coefficient (Wildman–Crippen LogP) is 16.9. The minimum atomic E-state index is -0.382. The molecule has 7 heteroatoms. The SMILES string of the molecule is CCCCCCCCOC(C=CCCCCCCCCCC(OCCC)OCCC)OC(C=CCCCCCCCCCC(OCCC)OCCC)OCCCCCCCC. The average Bonchev–Trinajstić information content (AvgIpc) is 3.27. The zero-order valence-electron chi connectivity index (χ0n) is 41.8. The molecule has 0 aromatic heterocycles. The van der Waals surface area contributed by atoms with Gasteiger partial charge >= 0.3 is 0 Å². The van der Waals surface area contributed by atoms with Crippen LogP contribution in [0.1, 0.15) is 260 Å². The third-order valence-corrected chi connectivity index (χ3v) is 11.1. The lowest BCUT2D eigenvalue weighted by atomic mass is 10.1. The van der Waals surface area contributed by atoms with E-state index in [1.54, 1.807) is 0 Å². The van der Waals surface area contributed by atoms with Crippen molar-refractivity contribution in [2.24, 2.45) is 0 Å². The number of allylic oxidation sites excluding steroid dienone is 2. The second kappa shape index (κ2) is 51.8. The van der Waals surface area contributed by atoms with E-state index < -0.39 is 0 Å². The minimum Gasteiger partial charge on any atom is -0.353 e. The molecule has 2 atom stereocenters. The van der Waals surface area contributed by atoms with Crippen LogP contribution < -0.4 is 0 Å². The van der Waals surface area contributed by atoms with Gasteiger partial charge in [-0.3, -0.25) is 0 Å². The first kappa shape index (κ1) is 60.2. The maximum absolute atomic E-state index is 6.57. The molecule has 0 N–H and O–H groups in total. The Kier molecular flexibility index (Phi) is 51.2. The van der Waals surface area contributed by atoms with Crippen LogP contribution in [-0.4, -0.2) is 64.8 Å². The van der Waals surface area contributed by atoms with E-state index in [1.165, 1.54) is 154 Å². The topological polar surface area (TPSA) is 64.6 Å². The van der Waals surface area contributed by atoms with E-state index >= 15 is 0 Å². The van der Waals surface area contributed by atoms with Crippen molar-refractivity contribution in [2.45, 2.75) is 285 Å². The second-order valence-corrected chi connectivity index (χ2v) is 17.5. The third-order valence-electron chi connectivity index (χ3n) is 11.1. The Morgan fingerprint density at radius 3 is 0.902 bits per heavy atom. The van der Waals surface area contributed by atoms with Crippen LogP contribution in [0, 0.1) is 0 Å². The average molecular weight is 867 g/mol. The Balaban J connectivity index is 4.89. The van der Waals surface area contributed by atoms with E-state index in [1.807, 2.05) is 0 Å². The molecule has 0 saturated carbocycles. The van der Waals surface area contributed by atoms with Crippen LogP contribution in [-0.2, 0) is 33.2 Å². The number of ether oxygens (including phenoxy) is 7. The molecule has 0 fully saturated rings. The van der Waals surface area contributed by atoms with Crippen molar-refractivity contribution in [3.8, 4) is 0 Å². The van der Waals surface area contributed by atoms with Crippen LogP contribution in [0.3, 0.4) is 0 Å². The smallest absolute Gasteiger partial charge is 0.180 e. The third kappa shape index (κ3) is 45.6. The summed E-state index contributed by atoms with van der Waals surface area (Å²) in [7, 11) is 0. The first-order valence-corrected chi connectivity index (χ1v) is 26.8. The van der Waals surface area contributed by atoms with Crippen molar-refractivity contribution in [1.29, 1.82) is 0 Å². The Labute approximate surface area is 380 Å². The van der Waals surface area contributed by atoms with Crippen LogP contribution in [0.4, 0.5) is 0 Å². The van der Waals surface area contributed by atoms with E-state index in [4.69, 9.17) is 33.2 Å². The Morgan fingerprint density at radius 1 is 0.279 bits per heavy atom. The molecule has 0 aromatic rings. The summed E-state index contributed by atoms with van der Waals surface area (Å²) in [5, 5.41) is 0. The maximum atomic E-state index is 6.57. The molecule has 7 nitrogen and oxygen atoms in total. The molecule has 0 heterocycles. The summed E-state index contributed by atoms with van der Waals surface area (Å²) < 4.78 is 42.9. The molecule has 0 aliphatic carbocycles. The fourth-order valence-corrected chi connectivity index (χ4v) is 7.33. The molecule has 0 amide bonds. The molecule has 0 aliphatic heterocycles. The summed E-state index contributed by atoms with van der Waals surface area (Å²) in [5.74, 6) is 0. The summed E-state index contributed by atoms with van der Waals surface area (Å²) >= 11 is 0. The Hall–Kier alpha value is -0.800. The Bertz CT molecular complexity index is 782. The Morgan fingerprint density at radius 2 is 0.574 bits per heavy atom. The van der Waals surface area contributed by atoms with Gasteiger partial charge in [-0.1, -0.05) is 182 Å².